The maximum absolute atomic E-state index is 12.2. The molecule has 1 aliphatic rings. The summed E-state index contributed by atoms with van der Waals surface area (Å²) in [7, 11) is 3.68. The van der Waals surface area contributed by atoms with Gasteiger partial charge in [0.05, 0.1) is 11.2 Å². The summed E-state index contributed by atoms with van der Waals surface area (Å²) in [6, 6.07) is 8.46. The summed E-state index contributed by atoms with van der Waals surface area (Å²) < 4.78 is 0. The van der Waals surface area contributed by atoms with E-state index in [9.17, 15) is 4.79 Å². The van der Waals surface area contributed by atoms with Crippen LogP contribution in [0, 0.1) is 12.8 Å². The second-order valence-electron chi connectivity index (χ2n) is 7.44. The van der Waals surface area contributed by atoms with Crippen molar-refractivity contribution in [2.45, 2.75) is 19.8 Å². The molecular weight excluding hydrogens is 409 g/mol. The molecule has 0 radical (unpaired) electrons. The molecule has 6 nitrogen and oxygen atoms in total. The molecule has 0 unspecified atom stereocenters. The molecule has 0 atom stereocenters. The van der Waals surface area contributed by atoms with E-state index in [1.54, 1.807) is 4.90 Å². The largest absolute Gasteiger partial charge is 0.371 e. The van der Waals surface area contributed by atoms with E-state index in [1.165, 1.54) is 5.69 Å². The zero-order valence-electron chi connectivity index (χ0n) is 16.9. The lowest BCUT2D eigenvalue weighted by Crippen LogP contribution is -2.40. The SMILES string of the molecule is Cc1n[nH]cc1-c1ccc2nccc(N3CCC(C(=O)N(C)C)CC3)c2c1.Cl.Cl. The first-order valence-electron chi connectivity index (χ1n) is 9.40. The van der Waals surface area contributed by atoms with Gasteiger partial charge in [0, 0.05) is 62.1 Å². The molecule has 156 valence electrons. The lowest BCUT2D eigenvalue weighted by Gasteiger charge is -2.34. The number of anilines is 1. The predicted molar refractivity (Wildman–Crippen MR) is 122 cm³/mol. The van der Waals surface area contributed by atoms with E-state index in [1.807, 2.05) is 33.4 Å². The fraction of sp³-hybridized carbons (Fsp3) is 0.381. The van der Waals surface area contributed by atoms with Gasteiger partial charge in [-0.25, -0.2) is 0 Å². The highest BCUT2D eigenvalue weighted by molar-refractivity contribution is 5.95. The average Bonchev–Trinajstić information content (AvgIpc) is 3.12. The molecule has 0 saturated carbocycles. The number of nitrogens with one attached hydrogen (secondary N) is 1. The standard InChI is InChI=1S/C21H25N5O.2ClH/c1-14-18(13-23-24-14)16-4-5-19-17(12-16)20(6-9-22-19)26-10-7-15(8-11-26)21(27)25(2)3;;/h4-6,9,12-13,15H,7-8,10-11H2,1-3H3,(H,23,24);2*1H. The molecule has 3 aromatic rings. The number of pyridine rings is 1. The Hall–Kier alpha value is -2.31. The minimum atomic E-state index is 0. The van der Waals surface area contributed by atoms with Crippen LogP contribution in [0.5, 0.6) is 0 Å². The second kappa shape index (κ2) is 9.46. The number of aromatic nitrogens is 3. The molecule has 2 aromatic heterocycles. The van der Waals surface area contributed by atoms with Crippen molar-refractivity contribution in [2.75, 3.05) is 32.1 Å². The van der Waals surface area contributed by atoms with Gasteiger partial charge >= 0.3 is 0 Å². The number of hydrogen-bond acceptors (Lipinski definition) is 4. The van der Waals surface area contributed by atoms with Crippen molar-refractivity contribution in [2.24, 2.45) is 5.92 Å². The van der Waals surface area contributed by atoms with Crippen LogP contribution in [0.4, 0.5) is 5.69 Å². The molecule has 1 aliphatic heterocycles. The number of nitrogens with zero attached hydrogens (tertiary/aromatic N) is 4. The first-order chi connectivity index (χ1) is 13.0. The average molecular weight is 436 g/mol. The van der Waals surface area contributed by atoms with Crippen LogP contribution in [0.1, 0.15) is 18.5 Å². The topological polar surface area (TPSA) is 65.1 Å². The first kappa shape index (κ1) is 23.0. The number of carbonyl (C=O) groups is 1. The molecular formula is C21H27Cl2N5O. The second-order valence-corrected chi connectivity index (χ2v) is 7.44. The number of H-pyrrole nitrogens is 1. The zero-order valence-corrected chi connectivity index (χ0v) is 18.5. The van der Waals surface area contributed by atoms with Crippen molar-refractivity contribution in [3.05, 3.63) is 42.4 Å². The summed E-state index contributed by atoms with van der Waals surface area (Å²) in [4.78, 5) is 20.9. The van der Waals surface area contributed by atoms with Gasteiger partial charge < -0.3 is 9.80 Å². The molecule has 1 aromatic carbocycles. The first-order valence-corrected chi connectivity index (χ1v) is 9.40. The normalized spacial score (nSPS) is 14.2. The van der Waals surface area contributed by atoms with Gasteiger partial charge in [0.1, 0.15) is 0 Å². The molecule has 1 amide bonds. The molecule has 29 heavy (non-hydrogen) atoms. The number of hydrogen-bond donors (Lipinski definition) is 1. The number of halogens is 2. The van der Waals surface area contributed by atoms with Gasteiger partial charge in [0.25, 0.3) is 0 Å². The molecule has 1 N–H and O–H groups in total. The van der Waals surface area contributed by atoms with Gasteiger partial charge in [0.2, 0.25) is 5.91 Å². The van der Waals surface area contributed by atoms with E-state index in [4.69, 9.17) is 0 Å². The van der Waals surface area contributed by atoms with E-state index in [-0.39, 0.29) is 36.6 Å². The highest BCUT2D eigenvalue weighted by Gasteiger charge is 2.26. The Bertz CT molecular complexity index is 980. The number of carbonyl (C=O) groups excluding carboxylic acids is 1. The van der Waals surface area contributed by atoms with E-state index in [2.05, 4.69) is 44.3 Å². The minimum absolute atomic E-state index is 0. The van der Waals surface area contributed by atoms with Crippen LogP contribution < -0.4 is 4.90 Å². The van der Waals surface area contributed by atoms with E-state index in [0.717, 1.165) is 53.7 Å². The van der Waals surface area contributed by atoms with Crippen LogP contribution in [-0.4, -0.2) is 53.2 Å². The van der Waals surface area contributed by atoms with Crippen LogP contribution in [0.2, 0.25) is 0 Å². The molecule has 0 bridgehead atoms. The highest BCUT2D eigenvalue weighted by Crippen LogP contribution is 2.33. The fourth-order valence-corrected chi connectivity index (χ4v) is 3.96. The number of rotatable bonds is 3. The molecule has 0 spiro atoms. The predicted octanol–water partition coefficient (Wildman–Crippen LogP) is 4.08. The van der Waals surface area contributed by atoms with Gasteiger partial charge in [-0.05, 0) is 43.5 Å². The van der Waals surface area contributed by atoms with Gasteiger partial charge in [-0.1, -0.05) is 6.07 Å². The Morgan fingerprint density at radius 3 is 2.52 bits per heavy atom. The maximum atomic E-state index is 12.2. The number of amides is 1. The molecule has 4 rings (SSSR count). The van der Waals surface area contributed by atoms with Crippen LogP contribution in [0.15, 0.2) is 36.7 Å². The van der Waals surface area contributed by atoms with Crippen molar-refractivity contribution in [3.63, 3.8) is 0 Å². The Morgan fingerprint density at radius 2 is 1.90 bits per heavy atom. The summed E-state index contributed by atoms with van der Waals surface area (Å²) in [5, 5.41) is 8.32. The van der Waals surface area contributed by atoms with Gasteiger partial charge in [-0.15, -0.1) is 24.8 Å². The van der Waals surface area contributed by atoms with Crippen molar-refractivity contribution in [1.29, 1.82) is 0 Å². The van der Waals surface area contributed by atoms with Gasteiger partial charge in [-0.2, -0.15) is 5.10 Å². The number of piperidine rings is 1. The van der Waals surface area contributed by atoms with E-state index < -0.39 is 0 Å². The number of benzene rings is 1. The van der Waals surface area contributed by atoms with Crippen LogP contribution in [0.25, 0.3) is 22.0 Å². The Kier molecular flexibility index (Phi) is 7.49. The van der Waals surface area contributed by atoms with Gasteiger partial charge in [-0.3, -0.25) is 14.9 Å². The number of aryl methyl sites for hydroxylation is 1. The fourth-order valence-electron chi connectivity index (χ4n) is 3.96. The molecule has 1 fully saturated rings. The van der Waals surface area contributed by atoms with Crippen molar-refractivity contribution < 1.29 is 4.79 Å². The van der Waals surface area contributed by atoms with E-state index in [0.29, 0.717) is 0 Å². The smallest absolute Gasteiger partial charge is 0.225 e. The lowest BCUT2D eigenvalue weighted by molar-refractivity contribution is -0.133. The molecule has 8 heteroatoms. The summed E-state index contributed by atoms with van der Waals surface area (Å²) >= 11 is 0. The lowest BCUT2D eigenvalue weighted by atomic mass is 9.94. The van der Waals surface area contributed by atoms with Crippen molar-refractivity contribution >= 4 is 47.3 Å². The summed E-state index contributed by atoms with van der Waals surface area (Å²) in [6.07, 6.45) is 5.59. The van der Waals surface area contributed by atoms with Crippen LogP contribution >= 0.6 is 24.8 Å². The zero-order chi connectivity index (χ0) is 19.0. The number of aromatic amines is 1. The van der Waals surface area contributed by atoms with Gasteiger partial charge in [0.15, 0.2) is 0 Å². The molecule has 3 heterocycles. The number of fused-ring (bicyclic) bond motifs is 1. The minimum Gasteiger partial charge on any atom is -0.371 e. The summed E-state index contributed by atoms with van der Waals surface area (Å²) in [5.41, 5.74) is 5.42. The Morgan fingerprint density at radius 1 is 1.17 bits per heavy atom. The monoisotopic (exact) mass is 435 g/mol. The third-order valence-electron chi connectivity index (χ3n) is 5.49. The summed E-state index contributed by atoms with van der Waals surface area (Å²) in [5.74, 6) is 0.375. The Labute approximate surface area is 183 Å². The van der Waals surface area contributed by atoms with Crippen LogP contribution in [0.3, 0.4) is 0 Å². The maximum Gasteiger partial charge on any atom is 0.225 e. The highest BCUT2D eigenvalue weighted by atomic mass is 35.5. The third-order valence-corrected chi connectivity index (χ3v) is 5.49. The molecule has 0 aliphatic carbocycles. The van der Waals surface area contributed by atoms with Crippen molar-refractivity contribution in [3.8, 4) is 11.1 Å². The third kappa shape index (κ3) is 4.49. The molecule has 1 saturated heterocycles. The van der Waals surface area contributed by atoms with E-state index >= 15 is 0 Å². The van der Waals surface area contributed by atoms with Crippen LogP contribution in [-0.2, 0) is 4.79 Å². The Balaban J connectivity index is 0.00000150. The quantitative estimate of drug-likeness (QED) is 0.672. The summed E-state index contributed by atoms with van der Waals surface area (Å²) in [6.45, 7) is 3.78. The van der Waals surface area contributed by atoms with Crippen molar-refractivity contribution in [1.82, 2.24) is 20.1 Å².